The van der Waals surface area contributed by atoms with Crippen LogP contribution in [-0.4, -0.2) is 43.0 Å². The Bertz CT molecular complexity index is 1620. The van der Waals surface area contributed by atoms with Gasteiger partial charge in [0.05, 0.1) is 16.7 Å². The van der Waals surface area contributed by atoms with E-state index in [2.05, 4.69) is 37.4 Å². The number of fused-ring (bicyclic) bond motifs is 2. The maximum absolute atomic E-state index is 15.5. The van der Waals surface area contributed by atoms with Gasteiger partial charge in [-0.2, -0.15) is 0 Å². The lowest BCUT2D eigenvalue weighted by Gasteiger charge is -2.32. The van der Waals surface area contributed by atoms with Crippen LogP contribution < -0.4 is 15.0 Å². The first kappa shape index (κ1) is 23.1. The monoisotopic (exact) mass is 498 g/mol. The summed E-state index contributed by atoms with van der Waals surface area (Å²) in [6, 6.07) is 12.8. The minimum atomic E-state index is -0.425. The summed E-state index contributed by atoms with van der Waals surface area (Å²) >= 11 is 0. The third-order valence-electron chi connectivity index (χ3n) is 6.85. The van der Waals surface area contributed by atoms with E-state index in [0.29, 0.717) is 45.3 Å². The van der Waals surface area contributed by atoms with E-state index in [4.69, 9.17) is 9.72 Å². The zero-order valence-corrected chi connectivity index (χ0v) is 20.9. The van der Waals surface area contributed by atoms with Crippen molar-refractivity contribution < 1.29 is 9.13 Å². The Kier molecular flexibility index (Phi) is 5.78. The van der Waals surface area contributed by atoms with Crippen molar-refractivity contribution >= 4 is 39.4 Å². The van der Waals surface area contributed by atoms with Crippen LogP contribution in [0.3, 0.4) is 0 Å². The second kappa shape index (κ2) is 9.27. The number of piperidine rings is 1. The summed E-state index contributed by atoms with van der Waals surface area (Å²) in [6.45, 7) is 5.88. The number of hydrogen-bond acceptors (Lipinski definition) is 8. The van der Waals surface area contributed by atoms with Crippen molar-refractivity contribution in [2.75, 3.05) is 23.3 Å². The highest BCUT2D eigenvalue weighted by atomic mass is 19.1. The Morgan fingerprint density at radius 1 is 1.08 bits per heavy atom. The van der Waals surface area contributed by atoms with Crippen LogP contribution in [0.5, 0.6) is 11.5 Å². The van der Waals surface area contributed by atoms with Gasteiger partial charge in [-0.25, -0.2) is 24.0 Å². The summed E-state index contributed by atoms with van der Waals surface area (Å²) in [6.07, 6.45) is 3.83. The number of rotatable bonds is 5. The molecule has 1 atom stereocenters. The van der Waals surface area contributed by atoms with Crippen molar-refractivity contribution in [3.8, 4) is 11.5 Å². The van der Waals surface area contributed by atoms with Gasteiger partial charge < -0.3 is 15.0 Å². The normalized spacial score (nSPS) is 15.9. The molecule has 37 heavy (non-hydrogen) atoms. The number of ether oxygens (including phenoxy) is 1. The number of nitrogens with one attached hydrogen (secondary N) is 1. The number of nitrogens with zero attached hydrogens (tertiary/aromatic N) is 7. The molecule has 4 heterocycles. The molecule has 188 valence electrons. The molecule has 10 heteroatoms. The molecule has 0 amide bonds. The topological polar surface area (TPSA) is 93.9 Å². The van der Waals surface area contributed by atoms with Gasteiger partial charge in [-0.15, -0.1) is 5.10 Å². The smallest absolute Gasteiger partial charge is 0.160 e. The molecule has 2 aromatic carbocycles. The minimum Gasteiger partial charge on any atom is -0.457 e. The molecule has 0 aliphatic carbocycles. The van der Waals surface area contributed by atoms with Gasteiger partial charge in [-0.1, -0.05) is 12.1 Å². The van der Waals surface area contributed by atoms with Gasteiger partial charge in [0.25, 0.3) is 0 Å². The second-order valence-corrected chi connectivity index (χ2v) is 9.59. The summed E-state index contributed by atoms with van der Waals surface area (Å²) in [7, 11) is 1.83. The fourth-order valence-corrected chi connectivity index (χ4v) is 4.81. The Labute approximate surface area is 213 Å². The van der Waals surface area contributed by atoms with E-state index in [0.717, 1.165) is 30.8 Å². The lowest BCUT2D eigenvalue weighted by Crippen LogP contribution is -2.34. The Morgan fingerprint density at radius 3 is 2.84 bits per heavy atom. The molecule has 9 nitrogen and oxygen atoms in total. The molecule has 5 aromatic rings. The molecule has 1 aliphatic rings. The summed E-state index contributed by atoms with van der Waals surface area (Å²) in [5.41, 5.74) is 3.55. The van der Waals surface area contributed by atoms with Crippen molar-refractivity contribution in [3.63, 3.8) is 0 Å². The van der Waals surface area contributed by atoms with Crippen LogP contribution >= 0.6 is 0 Å². The first-order valence-electron chi connectivity index (χ1n) is 12.4. The molecule has 0 bridgehead atoms. The molecule has 1 saturated heterocycles. The predicted molar refractivity (Wildman–Crippen MR) is 141 cm³/mol. The van der Waals surface area contributed by atoms with Gasteiger partial charge in [0.2, 0.25) is 0 Å². The van der Waals surface area contributed by atoms with E-state index in [-0.39, 0.29) is 5.69 Å². The van der Waals surface area contributed by atoms with E-state index in [9.17, 15) is 0 Å². The lowest BCUT2D eigenvalue weighted by molar-refractivity contribution is 0.445. The quantitative estimate of drug-likeness (QED) is 0.338. The number of benzene rings is 2. The predicted octanol–water partition coefficient (Wildman–Crippen LogP) is 5.53. The van der Waals surface area contributed by atoms with Gasteiger partial charge >= 0.3 is 0 Å². The van der Waals surface area contributed by atoms with Crippen LogP contribution in [-0.2, 0) is 7.05 Å². The minimum absolute atomic E-state index is 0.285. The maximum Gasteiger partial charge on any atom is 0.160 e. The molecule has 0 spiro atoms. The summed E-state index contributed by atoms with van der Waals surface area (Å²) in [5.74, 6) is 2.51. The molecule has 6 rings (SSSR count). The maximum atomic E-state index is 15.5. The molecule has 3 aromatic heterocycles. The molecule has 1 fully saturated rings. The van der Waals surface area contributed by atoms with Gasteiger partial charge in [-0.3, -0.25) is 0 Å². The molecule has 0 saturated carbocycles. The highest BCUT2D eigenvalue weighted by Gasteiger charge is 2.19. The standard InChI is InChI=1S/C27H27FN8O/c1-16-5-4-12-36(14-16)24-11-8-20-26(32-24)27(30-15-29-20)31-19-7-10-23(17(2)25(19)28)37-18-6-9-22-21(13-18)33-34-35(22)3/h6-11,13,15-16H,4-5,12,14H2,1-3H3,(H,29,30,31). The Morgan fingerprint density at radius 2 is 1.97 bits per heavy atom. The summed E-state index contributed by atoms with van der Waals surface area (Å²) in [4.78, 5) is 15.9. The van der Waals surface area contributed by atoms with E-state index >= 15 is 4.39 Å². The second-order valence-electron chi connectivity index (χ2n) is 9.59. The van der Waals surface area contributed by atoms with Gasteiger partial charge in [-0.05, 0) is 62.1 Å². The van der Waals surface area contributed by atoms with E-state index in [1.165, 1.54) is 12.7 Å². The average molecular weight is 499 g/mol. The first-order valence-corrected chi connectivity index (χ1v) is 12.4. The number of hydrogen-bond donors (Lipinski definition) is 1. The van der Waals surface area contributed by atoms with Crippen LogP contribution in [0.25, 0.3) is 22.1 Å². The number of anilines is 3. The van der Waals surface area contributed by atoms with E-state index in [1.54, 1.807) is 29.8 Å². The van der Waals surface area contributed by atoms with Gasteiger partial charge in [0.15, 0.2) is 11.6 Å². The van der Waals surface area contributed by atoms with Crippen LogP contribution in [0.1, 0.15) is 25.3 Å². The average Bonchev–Trinajstić information content (AvgIpc) is 3.28. The van der Waals surface area contributed by atoms with E-state index in [1.807, 2.05) is 31.3 Å². The van der Waals surface area contributed by atoms with Crippen molar-refractivity contribution in [1.82, 2.24) is 29.9 Å². The van der Waals surface area contributed by atoms with Gasteiger partial charge in [0.1, 0.15) is 34.7 Å². The summed E-state index contributed by atoms with van der Waals surface area (Å²) in [5, 5.41) is 11.3. The largest absolute Gasteiger partial charge is 0.457 e. The Hall–Kier alpha value is -4.34. The van der Waals surface area contributed by atoms with Crippen LogP contribution in [0.4, 0.5) is 21.7 Å². The summed E-state index contributed by atoms with van der Waals surface area (Å²) < 4.78 is 23.2. The van der Waals surface area contributed by atoms with Gasteiger partial charge in [0, 0.05) is 31.8 Å². The molecule has 1 aliphatic heterocycles. The van der Waals surface area contributed by atoms with Crippen LogP contribution in [0.2, 0.25) is 0 Å². The molecule has 0 radical (unpaired) electrons. The molecule has 1 N–H and O–H groups in total. The fraction of sp³-hybridized carbons (Fsp3) is 0.296. The fourth-order valence-electron chi connectivity index (χ4n) is 4.81. The lowest BCUT2D eigenvalue weighted by atomic mass is 10.0. The third kappa shape index (κ3) is 4.39. The highest BCUT2D eigenvalue weighted by Crippen LogP contribution is 2.34. The molecular weight excluding hydrogens is 471 g/mol. The third-order valence-corrected chi connectivity index (χ3v) is 6.85. The van der Waals surface area contributed by atoms with Crippen molar-refractivity contribution in [2.24, 2.45) is 13.0 Å². The van der Waals surface area contributed by atoms with Crippen LogP contribution in [0.15, 0.2) is 48.8 Å². The SMILES string of the molecule is Cc1c(Oc2ccc3c(c2)nnn3C)ccc(Nc2ncnc3ccc(N4CCCC(C)C4)nc23)c1F. The first-order chi connectivity index (χ1) is 18.0. The number of pyridine rings is 1. The zero-order valence-electron chi connectivity index (χ0n) is 20.9. The van der Waals surface area contributed by atoms with Crippen LogP contribution in [0, 0.1) is 18.7 Å². The zero-order chi connectivity index (χ0) is 25.5. The van der Waals surface area contributed by atoms with Crippen molar-refractivity contribution in [1.29, 1.82) is 0 Å². The number of aromatic nitrogens is 6. The van der Waals surface area contributed by atoms with Crippen molar-refractivity contribution in [3.05, 3.63) is 60.2 Å². The molecule has 1 unspecified atom stereocenters. The highest BCUT2D eigenvalue weighted by molar-refractivity contribution is 5.88. The Balaban J connectivity index is 1.28. The number of halogens is 1. The van der Waals surface area contributed by atoms with E-state index < -0.39 is 5.82 Å². The molecular formula is C27H27FN8O. The number of aryl methyl sites for hydroxylation is 1. The van der Waals surface area contributed by atoms with Crippen molar-refractivity contribution in [2.45, 2.75) is 26.7 Å².